The molecule has 6 heteroatoms. The molecule has 5 aromatic rings. The molecule has 37 heavy (non-hydrogen) atoms. The molecule has 1 aliphatic rings. The van der Waals surface area contributed by atoms with E-state index in [4.69, 9.17) is 9.47 Å². The minimum atomic E-state index is -1.74. The highest BCUT2D eigenvalue weighted by atomic mass is 16.6. The lowest BCUT2D eigenvalue weighted by molar-refractivity contribution is -0.144. The zero-order valence-corrected chi connectivity index (χ0v) is 19.9. The van der Waals surface area contributed by atoms with Gasteiger partial charge in [0.25, 0.3) is 5.91 Å². The average molecular weight is 488 g/mol. The molecule has 0 bridgehead atoms. The van der Waals surface area contributed by atoms with Crippen molar-refractivity contribution in [2.45, 2.75) is 12.3 Å². The van der Waals surface area contributed by atoms with E-state index in [1.807, 2.05) is 60.7 Å². The molecule has 2 amide bonds. The normalized spacial score (nSPS) is 16.6. The first kappa shape index (κ1) is 22.5. The molecule has 6 nitrogen and oxygen atoms in total. The molecule has 1 aliphatic heterocycles. The summed E-state index contributed by atoms with van der Waals surface area (Å²) in [5.41, 5.74) is -1.08. The van der Waals surface area contributed by atoms with Gasteiger partial charge in [-0.05, 0) is 35.9 Å². The Morgan fingerprint density at radius 1 is 0.649 bits per heavy atom. The van der Waals surface area contributed by atoms with Gasteiger partial charge in [0.1, 0.15) is 11.5 Å². The van der Waals surface area contributed by atoms with Gasteiger partial charge in [0.15, 0.2) is 5.41 Å². The van der Waals surface area contributed by atoms with E-state index in [-0.39, 0.29) is 5.69 Å². The number of imide groups is 1. The molecule has 0 unspecified atom stereocenters. The smallest absolute Gasteiger partial charge is 0.425 e. The summed E-state index contributed by atoms with van der Waals surface area (Å²) in [5.74, 6) is -0.849. The monoisotopic (exact) mass is 487 g/mol. The van der Waals surface area contributed by atoms with Crippen LogP contribution < -0.4 is 14.4 Å². The molecule has 6 rings (SSSR count). The van der Waals surface area contributed by atoms with E-state index < -0.39 is 23.4 Å². The van der Waals surface area contributed by atoms with Gasteiger partial charge < -0.3 is 9.47 Å². The highest BCUT2D eigenvalue weighted by Crippen LogP contribution is 2.43. The van der Waals surface area contributed by atoms with Crippen molar-refractivity contribution in [2.24, 2.45) is 0 Å². The van der Waals surface area contributed by atoms with E-state index in [1.54, 1.807) is 48.5 Å². The lowest BCUT2D eigenvalue weighted by Crippen LogP contribution is -2.48. The number of nitrogens with zero attached hydrogens (tertiary/aromatic N) is 1. The van der Waals surface area contributed by atoms with Crippen molar-refractivity contribution in [1.82, 2.24) is 0 Å². The minimum absolute atomic E-state index is 0.287. The quantitative estimate of drug-likeness (QED) is 0.167. The Bertz CT molecular complexity index is 1720. The second kappa shape index (κ2) is 8.60. The molecule has 180 valence electrons. The Hall–Kier alpha value is -4.97. The summed E-state index contributed by atoms with van der Waals surface area (Å²) in [7, 11) is 0. The number of anilines is 1. The van der Waals surface area contributed by atoms with Gasteiger partial charge in [-0.25, -0.2) is 9.69 Å². The maximum absolute atomic E-state index is 13.8. The Morgan fingerprint density at radius 2 is 1.16 bits per heavy atom. The molecule has 0 saturated heterocycles. The maximum atomic E-state index is 13.8. The largest absolute Gasteiger partial charge is 0.426 e. The minimum Gasteiger partial charge on any atom is -0.425 e. The van der Waals surface area contributed by atoms with Gasteiger partial charge in [0.05, 0.1) is 5.69 Å². The first-order chi connectivity index (χ1) is 18.0. The van der Waals surface area contributed by atoms with Crippen LogP contribution in [0.1, 0.15) is 12.5 Å². The lowest BCUT2D eigenvalue weighted by Gasteiger charge is -2.22. The standard InChI is InChI=1S/C31H21NO5/c1-31(29(34)36-26-18-8-12-20-10-2-4-14-22(20)26)24-16-6-7-17-25(24)32(28(31)33)30(35)37-27-19-9-13-21-11-3-5-15-23(21)27/h2-19H,1H3/t31-/m1/s1. The van der Waals surface area contributed by atoms with Gasteiger partial charge in [-0.3, -0.25) is 9.59 Å². The molecule has 0 spiro atoms. The van der Waals surface area contributed by atoms with Crippen LogP contribution in [0.3, 0.4) is 0 Å². The Morgan fingerprint density at radius 3 is 1.81 bits per heavy atom. The molecule has 0 N–H and O–H groups in total. The number of rotatable bonds is 3. The zero-order valence-electron chi connectivity index (χ0n) is 19.9. The highest BCUT2D eigenvalue weighted by Gasteiger charge is 2.56. The van der Waals surface area contributed by atoms with Gasteiger partial charge in [-0.2, -0.15) is 0 Å². The summed E-state index contributed by atoms with van der Waals surface area (Å²) in [6.07, 6.45) is -0.893. The van der Waals surface area contributed by atoms with E-state index in [0.29, 0.717) is 17.1 Å². The molecule has 0 aliphatic carbocycles. The van der Waals surface area contributed by atoms with Crippen molar-refractivity contribution >= 4 is 45.2 Å². The summed E-state index contributed by atoms with van der Waals surface area (Å²) in [6.45, 7) is 1.48. The van der Waals surface area contributed by atoms with Gasteiger partial charge in [0.2, 0.25) is 0 Å². The number of benzene rings is 5. The van der Waals surface area contributed by atoms with Gasteiger partial charge in [-0.15, -0.1) is 0 Å². The molecule has 0 radical (unpaired) electrons. The second-order valence-corrected chi connectivity index (χ2v) is 8.99. The van der Waals surface area contributed by atoms with Crippen LogP contribution in [0.4, 0.5) is 10.5 Å². The number of carbonyl (C=O) groups excluding carboxylic acids is 3. The summed E-state index contributed by atoms with van der Waals surface area (Å²) in [6, 6.07) is 32.4. The molecule has 0 aromatic heterocycles. The number of para-hydroxylation sites is 1. The van der Waals surface area contributed by atoms with Crippen LogP contribution in [-0.4, -0.2) is 18.0 Å². The second-order valence-electron chi connectivity index (χ2n) is 8.99. The number of hydrogen-bond acceptors (Lipinski definition) is 5. The fourth-order valence-electron chi connectivity index (χ4n) is 4.83. The van der Waals surface area contributed by atoms with Crippen LogP contribution in [0.2, 0.25) is 0 Å². The van der Waals surface area contributed by atoms with Crippen molar-refractivity contribution < 1.29 is 23.9 Å². The summed E-state index contributed by atoms with van der Waals surface area (Å²) in [4.78, 5) is 41.8. The number of carbonyl (C=O) groups is 3. The van der Waals surface area contributed by atoms with Crippen LogP contribution >= 0.6 is 0 Å². The van der Waals surface area contributed by atoms with Crippen molar-refractivity contribution in [2.75, 3.05) is 4.90 Å². The molecule has 0 saturated carbocycles. The predicted molar refractivity (Wildman–Crippen MR) is 141 cm³/mol. The van der Waals surface area contributed by atoms with Crippen molar-refractivity contribution in [1.29, 1.82) is 0 Å². The molecule has 1 heterocycles. The van der Waals surface area contributed by atoms with E-state index in [2.05, 4.69) is 0 Å². The lowest BCUT2D eigenvalue weighted by atomic mass is 9.84. The Balaban J connectivity index is 1.36. The highest BCUT2D eigenvalue weighted by molar-refractivity contribution is 6.28. The predicted octanol–water partition coefficient (Wildman–Crippen LogP) is 6.40. The number of hydrogen-bond donors (Lipinski definition) is 0. The number of fused-ring (bicyclic) bond motifs is 3. The van der Waals surface area contributed by atoms with Gasteiger partial charge in [-0.1, -0.05) is 91.0 Å². The average Bonchev–Trinajstić information content (AvgIpc) is 3.16. The van der Waals surface area contributed by atoms with Crippen molar-refractivity contribution in [3.63, 3.8) is 0 Å². The molecular weight excluding hydrogens is 466 g/mol. The Kier molecular flexibility index (Phi) is 5.23. The zero-order chi connectivity index (χ0) is 25.6. The van der Waals surface area contributed by atoms with E-state index >= 15 is 0 Å². The Labute approximate surface area is 212 Å². The van der Waals surface area contributed by atoms with E-state index in [0.717, 1.165) is 26.4 Å². The first-order valence-corrected chi connectivity index (χ1v) is 11.8. The third kappa shape index (κ3) is 3.53. The molecule has 0 fully saturated rings. The third-order valence-corrected chi connectivity index (χ3v) is 6.80. The maximum Gasteiger partial charge on any atom is 0.426 e. The van der Waals surface area contributed by atoms with Crippen LogP contribution in [0.5, 0.6) is 11.5 Å². The summed E-state index contributed by atoms with van der Waals surface area (Å²) < 4.78 is 11.5. The molecule has 5 aromatic carbocycles. The fraction of sp³-hybridized carbons (Fsp3) is 0.0645. The van der Waals surface area contributed by atoms with Crippen molar-refractivity contribution in [3.05, 3.63) is 115 Å². The van der Waals surface area contributed by atoms with Crippen LogP contribution in [0.15, 0.2) is 109 Å². The van der Waals surface area contributed by atoms with Crippen LogP contribution in [-0.2, 0) is 15.0 Å². The van der Waals surface area contributed by atoms with Gasteiger partial charge in [0, 0.05) is 16.3 Å². The van der Waals surface area contributed by atoms with Crippen LogP contribution in [0, 0.1) is 0 Å². The number of esters is 1. The first-order valence-electron chi connectivity index (χ1n) is 11.8. The van der Waals surface area contributed by atoms with Crippen molar-refractivity contribution in [3.8, 4) is 11.5 Å². The van der Waals surface area contributed by atoms with E-state index in [1.165, 1.54) is 6.92 Å². The molecular formula is C31H21NO5. The molecule has 1 atom stereocenters. The topological polar surface area (TPSA) is 72.9 Å². The third-order valence-electron chi connectivity index (χ3n) is 6.80. The van der Waals surface area contributed by atoms with E-state index in [9.17, 15) is 14.4 Å². The number of amides is 2. The number of ether oxygens (including phenoxy) is 2. The fourth-order valence-corrected chi connectivity index (χ4v) is 4.83. The van der Waals surface area contributed by atoms with Gasteiger partial charge >= 0.3 is 12.1 Å². The summed E-state index contributed by atoms with van der Waals surface area (Å²) >= 11 is 0. The van der Waals surface area contributed by atoms with Crippen LogP contribution in [0.25, 0.3) is 21.5 Å². The summed E-state index contributed by atoms with van der Waals surface area (Å²) in [5, 5.41) is 3.27. The SMILES string of the molecule is C[C@]1(C(=O)Oc2cccc3ccccc23)C(=O)N(C(=O)Oc2cccc3ccccc23)c2ccccc21.